The van der Waals surface area contributed by atoms with Gasteiger partial charge in [0.1, 0.15) is 15.9 Å². The van der Waals surface area contributed by atoms with E-state index in [4.69, 9.17) is 0 Å². The summed E-state index contributed by atoms with van der Waals surface area (Å²) >= 11 is 0.990. The maximum absolute atomic E-state index is 13.2. The maximum atomic E-state index is 13.2. The summed E-state index contributed by atoms with van der Waals surface area (Å²) in [6, 6.07) is 4.97. The first-order chi connectivity index (χ1) is 15.2. The normalized spacial score (nSPS) is 16.0. The molecule has 1 aliphatic rings. The molecule has 1 aliphatic heterocycles. The number of H-pyrrole nitrogens is 1. The van der Waals surface area contributed by atoms with E-state index in [1.165, 1.54) is 11.2 Å². The molecule has 3 aromatic rings. The van der Waals surface area contributed by atoms with Gasteiger partial charge < -0.3 is 4.98 Å². The van der Waals surface area contributed by atoms with Crippen molar-refractivity contribution in [1.29, 1.82) is 0 Å². The Labute approximate surface area is 190 Å². The van der Waals surface area contributed by atoms with E-state index in [1.807, 2.05) is 11.8 Å². The van der Waals surface area contributed by atoms with Crippen LogP contribution in [0.4, 0.5) is 0 Å². The molecule has 9 nitrogen and oxygen atoms in total. The lowest BCUT2D eigenvalue weighted by molar-refractivity contribution is 0.0896. The molecule has 0 saturated carbocycles. The third kappa shape index (κ3) is 4.01. The number of carbonyl (C=O) groups is 2. The average molecular weight is 476 g/mol. The summed E-state index contributed by atoms with van der Waals surface area (Å²) in [6.45, 7) is 6.85. The Hall–Kier alpha value is -2.47. The highest BCUT2D eigenvalue weighted by Crippen LogP contribution is 2.25. The summed E-state index contributed by atoms with van der Waals surface area (Å²) in [5.74, 6) is -0.147. The molecule has 0 spiro atoms. The lowest BCUT2D eigenvalue weighted by Gasteiger charge is -2.33. The van der Waals surface area contributed by atoms with Crippen molar-refractivity contribution >= 4 is 44.4 Å². The molecule has 0 unspecified atom stereocenters. The topological polar surface area (TPSA) is 116 Å². The number of aromatic amines is 1. The minimum absolute atomic E-state index is 0.0567. The third-order valence-electron chi connectivity index (χ3n) is 5.84. The molecule has 1 fully saturated rings. The molecular formula is C21H25N5O4S2. The number of Topliss-reactive ketones (excluding diaryl/α,β-unsaturated/α-hetero) is 2. The number of hydrogen-bond donors (Lipinski definition) is 1. The SMILES string of the molecule is CCc1c(C(=O)CN2CCN(S(=O)(=O)c3cccc4nsnc34)CC2)[nH]c(C)c1C(C)=O. The van der Waals surface area contributed by atoms with Crippen LogP contribution in [-0.4, -0.2) is 75.6 Å². The van der Waals surface area contributed by atoms with Gasteiger partial charge in [-0.2, -0.15) is 13.1 Å². The zero-order valence-corrected chi connectivity index (χ0v) is 19.8. The molecule has 0 atom stereocenters. The van der Waals surface area contributed by atoms with Gasteiger partial charge in [0.05, 0.1) is 24.0 Å². The van der Waals surface area contributed by atoms with Crippen LogP contribution in [0, 0.1) is 6.92 Å². The molecule has 0 bridgehead atoms. The van der Waals surface area contributed by atoms with Crippen molar-refractivity contribution in [1.82, 2.24) is 22.9 Å². The van der Waals surface area contributed by atoms with Crippen molar-refractivity contribution in [2.24, 2.45) is 0 Å². The van der Waals surface area contributed by atoms with Crippen LogP contribution in [0.1, 0.15) is 46.0 Å². The van der Waals surface area contributed by atoms with Crippen LogP contribution >= 0.6 is 11.7 Å². The predicted octanol–water partition coefficient (Wildman–Crippen LogP) is 2.28. The van der Waals surface area contributed by atoms with Crippen LogP contribution in [0.3, 0.4) is 0 Å². The largest absolute Gasteiger partial charge is 0.355 e. The molecule has 170 valence electrons. The van der Waals surface area contributed by atoms with E-state index in [1.54, 1.807) is 25.1 Å². The predicted molar refractivity (Wildman–Crippen MR) is 122 cm³/mol. The molecule has 1 saturated heterocycles. The van der Waals surface area contributed by atoms with E-state index in [-0.39, 0.29) is 36.1 Å². The highest BCUT2D eigenvalue weighted by Gasteiger charge is 2.32. The van der Waals surface area contributed by atoms with Gasteiger partial charge in [0.25, 0.3) is 0 Å². The molecular weight excluding hydrogens is 450 g/mol. The number of piperazine rings is 1. The Morgan fingerprint density at radius 3 is 2.53 bits per heavy atom. The number of rotatable bonds is 7. The molecule has 0 aliphatic carbocycles. The molecule has 0 radical (unpaired) electrons. The maximum Gasteiger partial charge on any atom is 0.245 e. The zero-order chi connectivity index (χ0) is 23.0. The highest BCUT2D eigenvalue weighted by atomic mass is 32.2. The number of ketones is 2. The molecule has 2 aromatic heterocycles. The second-order valence-corrected chi connectivity index (χ2v) is 10.3. The first-order valence-corrected chi connectivity index (χ1v) is 12.6. The zero-order valence-electron chi connectivity index (χ0n) is 18.2. The fourth-order valence-corrected chi connectivity index (χ4v) is 6.46. The van der Waals surface area contributed by atoms with Crippen molar-refractivity contribution in [3.63, 3.8) is 0 Å². The lowest BCUT2D eigenvalue weighted by atomic mass is 10.0. The van der Waals surface area contributed by atoms with Crippen molar-refractivity contribution in [3.8, 4) is 0 Å². The minimum Gasteiger partial charge on any atom is -0.355 e. The van der Waals surface area contributed by atoms with Crippen molar-refractivity contribution < 1.29 is 18.0 Å². The van der Waals surface area contributed by atoms with Crippen LogP contribution in [0.2, 0.25) is 0 Å². The van der Waals surface area contributed by atoms with Gasteiger partial charge in [-0.1, -0.05) is 13.0 Å². The van der Waals surface area contributed by atoms with E-state index < -0.39 is 10.0 Å². The fraction of sp³-hybridized carbons (Fsp3) is 0.429. The summed E-state index contributed by atoms with van der Waals surface area (Å²) in [6.07, 6.45) is 0.587. The number of hydrogen-bond acceptors (Lipinski definition) is 8. The van der Waals surface area contributed by atoms with Gasteiger partial charge in [0.2, 0.25) is 10.0 Å². The Kier molecular flexibility index (Phi) is 6.26. The Morgan fingerprint density at radius 2 is 1.88 bits per heavy atom. The Morgan fingerprint density at radius 1 is 1.16 bits per heavy atom. The number of nitrogens with zero attached hydrogens (tertiary/aromatic N) is 4. The standard InChI is InChI=1S/C21H25N5O4S2/c1-4-15-19(14(3)27)13(2)22-20(15)17(28)12-25-8-10-26(11-9-25)32(29,30)18-7-5-6-16-21(18)24-31-23-16/h5-7,22H,4,8-12H2,1-3H3. The van der Waals surface area contributed by atoms with Crippen molar-refractivity contribution in [2.75, 3.05) is 32.7 Å². The summed E-state index contributed by atoms with van der Waals surface area (Å²) < 4.78 is 36.1. The number of carbonyl (C=O) groups excluding carboxylic acids is 2. The fourth-order valence-electron chi connectivity index (χ4n) is 4.28. The first-order valence-electron chi connectivity index (χ1n) is 10.4. The number of sulfonamides is 1. The van der Waals surface area contributed by atoms with Gasteiger partial charge in [0.15, 0.2) is 11.6 Å². The van der Waals surface area contributed by atoms with Gasteiger partial charge in [-0.05, 0) is 38.0 Å². The van der Waals surface area contributed by atoms with Crippen molar-refractivity contribution in [3.05, 3.63) is 40.7 Å². The van der Waals surface area contributed by atoms with Gasteiger partial charge in [-0.25, -0.2) is 8.42 Å². The van der Waals surface area contributed by atoms with Gasteiger partial charge in [-0.15, -0.1) is 0 Å². The molecule has 11 heteroatoms. The molecule has 3 heterocycles. The number of nitrogens with one attached hydrogen (secondary N) is 1. The quantitative estimate of drug-likeness (QED) is 0.521. The van der Waals surface area contributed by atoms with Gasteiger partial charge >= 0.3 is 0 Å². The molecule has 32 heavy (non-hydrogen) atoms. The van der Waals surface area contributed by atoms with Crippen LogP contribution in [-0.2, 0) is 16.4 Å². The van der Waals surface area contributed by atoms with Crippen LogP contribution in [0.25, 0.3) is 11.0 Å². The molecule has 1 aromatic carbocycles. The molecule has 0 amide bonds. The average Bonchev–Trinajstić information content (AvgIpc) is 3.37. The summed E-state index contributed by atoms with van der Waals surface area (Å²) in [5.41, 5.74) is 3.50. The number of fused-ring (bicyclic) bond motifs is 1. The number of aromatic nitrogens is 3. The van der Waals surface area contributed by atoms with E-state index >= 15 is 0 Å². The summed E-state index contributed by atoms with van der Waals surface area (Å²) in [7, 11) is -3.70. The van der Waals surface area contributed by atoms with E-state index in [0.717, 1.165) is 17.3 Å². The van der Waals surface area contributed by atoms with Crippen LogP contribution in [0.5, 0.6) is 0 Å². The van der Waals surface area contributed by atoms with E-state index in [9.17, 15) is 18.0 Å². The second-order valence-electron chi connectivity index (χ2n) is 7.88. The van der Waals surface area contributed by atoms with Crippen LogP contribution < -0.4 is 0 Å². The summed E-state index contributed by atoms with van der Waals surface area (Å²) in [5, 5.41) is 0. The molecule has 4 rings (SSSR count). The Balaban J connectivity index is 1.46. The highest BCUT2D eigenvalue weighted by molar-refractivity contribution is 7.89. The number of aryl methyl sites for hydroxylation is 1. The third-order valence-corrected chi connectivity index (χ3v) is 8.31. The van der Waals surface area contributed by atoms with Crippen molar-refractivity contribution in [2.45, 2.75) is 32.1 Å². The van der Waals surface area contributed by atoms with Gasteiger partial charge in [-0.3, -0.25) is 14.5 Å². The van der Waals surface area contributed by atoms with Gasteiger partial charge in [0, 0.05) is 37.4 Å². The van der Waals surface area contributed by atoms with E-state index in [0.29, 0.717) is 47.5 Å². The summed E-state index contributed by atoms with van der Waals surface area (Å²) in [4.78, 5) is 30.1. The lowest BCUT2D eigenvalue weighted by Crippen LogP contribution is -2.49. The van der Waals surface area contributed by atoms with E-state index in [2.05, 4.69) is 13.7 Å². The molecule has 1 N–H and O–H groups in total. The van der Waals surface area contributed by atoms with Crippen LogP contribution in [0.15, 0.2) is 23.1 Å². The second kappa shape index (κ2) is 8.81. The first kappa shape index (κ1) is 22.7. The number of benzene rings is 1. The monoisotopic (exact) mass is 475 g/mol. The Bertz CT molecular complexity index is 1290. The minimum atomic E-state index is -3.70. The smallest absolute Gasteiger partial charge is 0.245 e.